The Balaban J connectivity index is 0.00000320. The van der Waals surface area contributed by atoms with Crippen molar-refractivity contribution in [2.75, 3.05) is 13.2 Å². The number of benzene rings is 1. The van der Waals surface area contributed by atoms with Gasteiger partial charge in [-0.1, -0.05) is 5.92 Å². The van der Waals surface area contributed by atoms with E-state index in [2.05, 4.69) is 21.0 Å². The van der Waals surface area contributed by atoms with Crippen LogP contribution in [-0.4, -0.2) is 36.8 Å². The molecule has 0 saturated heterocycles. The summed E-state index contributed by atoms with van der Waals surface area (Å²) in [6, 6.07) is 3.63. The van der Waals surface area contributed by atoms with Gasteiger partial charge in [-0.05, 0) is 43.7 Å². The van der Waals surface area contributed by atoms with E-state index in [4.69, 9.17) is 11.2 Å². The minimum absolute atomic E-state index is 0. The normalized spacial score (nSPS) is 19.1. The smallest absolute Gasteiger partial charge is 0.387 e. The molecule has 3 rings (SSSR count). The van der Waals surface area contributed by atoms with E-state index in [1.54, 1.807) is 0 Å². The van der Waals surface area contributed by atoms with Crippen molar-refractivity contribution in [3.05, 3.63) is 35.8 Å². The van der Waals surface area contributed by atoms with Gasteiger partial charge in [0.25, 0.3) is 5.91 Å². The standard InChI is InChI=1S/C21H21F3N2O3.H2/c1-2-7-28-12-13-3-5-16(6-4-13)26-20(27)15-8-14-9-17(22)19(29-21(23)24)10-18(14)25-11-15;/h1,8-11,13,16,21H,3-7,12H2,(H,26,27);1H. The monoisotopic (exact) mass is 408 g/mol. The molecule has 8 heteroatoms. The first-order valence-corrected chi connectivity index (χ1v) is 9.32. The number of halogens is 3. The molecule has 1 aliphatic carbocycles. The Labute approximate surface area is 168 Å². The lowest BCUT2D eigenvalue weighted by molar-refractivity contribution is -0.0520. The van der Waals surface area contributed by atoms with Gasteiger partial charge in [-0.25, -0.2) is 4.39 Å². The molecule has 29 heavy (non-hydrogen) atoms. The van der Waals surface area contributed by atoms with Gasteiger partial charge >= 0.3 is 6.61 Å². The average Bonchev–Trinajstić information content (AvgIpc) is 2.69. The highest BCUT2D eigenvalue weighted by Gasteiger charge is 2.23. The van der Waals surface area contributed by atoms with E-state index in [0.717, 1.165) is 37.8 Å². The zero-order valence-corrected chi connectivity index (χ0v) is 15.7. The first kappa shape index (κ1) is 20.9. The van der Waals surface area contributed by atoms with Crippen LogP contribution < -0.4 is 10.1 Å². The summed E-state index contributed by atoms with van der Waals surface area (Å²) in [5, 5.41) is 3.30. The SMILES string of the molecule is C#CCOCC1CCC(NC(=O)c2cnc3cc(OC(F)F)c(F)cc3c2)CC1.[HH]. The number of carbonyl (C=O) groups is 1. The number of hydrogen-bond donors (Lipinski definition) is 1. The molecule has 1 saturated carbocycles. The first-order valence-electron chi connectivity index (χ1n) is 9.32. The van der Waals surface area contributed by atoms with Crippen molar-refractivity contribution in [1.82, 2.24) is 10.3 Å². The summed E-state index contributed by atoms with van der Waals surface area (Å²) < 4.78 is 48.1. The maximum Gasteiger partial charge on any atom is 0.387 e. The molecule has 0 atom stereocenters. The summed E-state index contributed by atoms with van der Waals surface area (Å²) in [5.41, 5.74) is 0.532. The van der Waals surface area contributed by atoms with Crippen LogP contribution in [0.15, 0.2) is 24.4 Å². The summed E-state index contributed by atoms with van der Waals surface area (Å²) in [4.78, 5) is 16.6. The Morgan fingerprint density at radius 1 is 1.31 bits per heavy atom. The quantitative estimate of drug-likeness (QED) is 0.552. The fourth-order valence-corrected chi connectivity index (χ4v) is 3.47. The molecule has 0 bridgehead atoms. The molecule has 0 unspecified atom stereocenters. The van der Waals surface area contributed by atoms with E-state index in [1.165, 1.54) is 12.3 Å². The molecule has 2 aromatic rings. The third-order valence-corrected chi connectivity index (χ3v) is 4.93. The molecular formula is C21H23F3N2O3. The largest absolute Gasteiger partial charge is 0.432 e. The average molecular weight is 408 g/mol. The number of ether oxygens (including phenoxy) is 2. The van der Waals surface area contributed by atoms with Gasteiger partial charge in [0.05, 0.1) is 17.7 Å². The maximum absolute atomic E-state index is 13.9. The van der Waals surface area contributed by atoms with E-state index >= 15 is 0 Å². The number of pyridine rings is 1. The molecular weight excluding hydrogens is 385 g/mol. The highest BCUT2D eigenvalue weighted by molar-refractivity contribution is 5.97. The number of alkyl halides is 2. The second kappa shape index (κ2) is 9.61. The van der Waals surface area contributed by atoms with Crippen LogP contribution in [-0.2, 0) is 4.74 Å². The molecule has 1 heterocycles. The van der Waals surface area contributed by atoms with Gasteiger partial charge in [0.1, 0.15) is 6.61 Å². The lowest BCUT2D eigenvalue weighted by Crippen LogP contribution is -2.38. The molecule has 1 amide bonds. The minimum Gasteiger partial charge on any atom is -0.432 e. The zero-order chi connectivity index (χ0) is 20.8. The van der Waals surface area contributed by atoms with Crippen LogP contribution in [0.1, 0.15) is 37.5 Å². The van der Waals surface area contributed by atoms with Crippen LogP contribution in [0.3, 0.4) is 0 Å². The van der Waals surface area contributed by atoms with E-state index in [0.29, 0.717) is 24.5 Å². The van der Waals surface area contributed by atoms with Crippen molar-refractivity contribution in [1.29, 1.82) is 0 Å². The first-order chi connectivity index (χ1) is 14.0. The molecule has 0 spiro atoms. The van der Waals surface area contributed by atoms with Crippen LogP contribution in [0, 0.1) is 24.1 Å². The van der Waals surface area contributed by atoms with Crippen LogP contribution in [0.5, 0.6) is 5.75 Å². The number of nitrogens with one attached hydrogen (secondary N) is 1. The summed E-state index contributed by atoms with van der Waals surface area (Å²) in [7, 11) is 0. The number of rotatable bonds is 7. The molecule has 156 valence electrons. The summed E-state index contributed by atoms with van der Waals surface area (Å²) >= 11 is 0. The van der Waals surface area contributed by atoms with E-state index in [1.807, 2.05) is 0 Å². The number of terminal acetylenes is 1. The Morgan fingerprint density at radius 2 is 2.07 bits per heavy atom. The fraction of sp³-hybridized carbons (Fsp3) is 0.429. The lowest BCUT2D eigenvalue weighted by Gasteiger charge is -2.28. The molecule has 0 aliphatic heterocycles. The maximum atomic E-state index is 13.9. The third-order valence-electron chi connectivity index (χ3n) is 4.93. The molecule has 1 fully saturated rings. The van der Waals surface area contributed by atoms with Gasteiger partial charge in [-0.15, -0.1) is 6.42 Å². The second-order valence-corrected chi connectivity index (χ2v) is 6.99. The number of carbonyl (C=O) groups excluding carboxylic acids is 1. The Kier molecular flexibility index (Phi) is 6.94. The van der Waals surface area contributed by atoms with Crippen LogP contribution in [0.4, 0.5) is 13.2 Å². The van der Waals surface area contributed by atoms with Crippen molar-refractivity contribution in [2.24, 2.45) is 5.92 Å². The molecule has 0 radical (unpaired) electrons. The number of fused-ring (bicyclic) bond motifs is 1. The van der Waals surface area contributed by atoms with Crippen molar-refractivity contribution in [3.63, 3.8) is 0 Å². The number of amides is 1. The van der Waals surface area contributed by atoms with E-state index in [-0.39, 0.29) is 24.5 Å². The van der Waals surface area contributed by atoms with Crippen molar-refractivity contribution in [2.45, 2.75) is 38.3 Å². The predicted octanol–water partition coefficient (Wildman–Crippen LogP) is 4.16. The van der Waals surface area contributed by atoms with Gasteiger partial charge < -0.3 is 14.8 Å². The molecule has 1 aliphatic rings. The van der Waals surface area contributed by atoms with Crippen molar-refractivity contribution >= 4 is 16.8 Å². The highest BCUT2D eigenvalue weighted by atomic mass is 19.3. The number of aromatic nitrogens is 1. The molecule has 5 nitrogen and oxygen atoms in total. The van der Waals surface area contributed by atoms with Gasteiger partial charge in [0, 0.05) is 25.1 Å². The predicted molar refractivity (Wildman–Crippen MR) is 103 cm³/mol. The minimum atomic E-state index is -3.13. The molecule has 1 aromatic heterocycles. The third kappa shape index (κ3) is 5.61. The van der Waals surface area contributed by atoms with Crippen LogP contribution >= 0.6 is 0 Å². The number of hydrogen-bond acceptors (Lipinski definition) is 4. The molecule has 1 aromatic carbocycles. The van der Waals surface area contributed by atoms with Gasteiger partial charge in [-0.2, -0.15) is 8.78 Å². The van der Waals surface area contributed by atoms with Crippen molar-refractivity contribution in [3.8, 4) is 18.1 Å². The van der Waals surface area contributed by atoms with Gasteiger partial charge in [-0.3, -0.25) is 9.78 Å². The second-order valence-electron chi connectivity index (χ2n) is 6.99. The number of nitrogens with zero attached hydrogens (tertiary/aromatic N) is 1. The molecule has 1 N–H and O–H groups in total. The Bertz CT molecular complexity index is 912. The van der Waals surface area contributed by atoms with E-state index in [9.17, 15) is 18.0 Å². The fourth-order valence-electron chi connectivity index (χ4n) is 3.47. The van der Waals surface area contributed by atoms with Crippen LogP contribution in [0.2, 0.25) is 0 Å². The topological polar surface area (TPSA) is 60.5 Å². The summed E-state index contributed by atoms with van der Waals surface area (Å²) in [5.74, 6) is 1.04. The van der Waals surface area contributed by atoms with Crippen LogP contribution in [0.25, 0.3) is 10.9 Å². The van der Waals surface area contributed by atoms with Crippen molar-refractivity contribution < 1.29 is 28.9 Å². The Morgan fingerprint density at radius 3 is 2.76 bits per heavy atom. The van der Waals surface area contributed by atoms with Gasteiger partial charge in [0.2, 0.25) is 0 Å². The Hall–Kier alpha value is -2.79. The summed E-state index contributed by atoms with van der Waals surface area (Å²) in [6.45, 7) is -2.20. The highest BCUT2D eigenvalue weighted by Crippen LogP contribution is 2.27. The van der Waals surface area contributed by atoms with E-state index < -0.39 is 18.2 Å². The summed E-state index contributed by atoms with van der Waals surface area (Å²) in [6.07, 6.45) is 10.0. The lowest BCUT2D eigenvalue weighted by atomic mass is 9.86. The van der Waals surface area contributed by atoms with Gasteiger partial charge in [0.15, 0.2) is 11.6 Å². The zero-order valence-electron chi connectivity index (χ0n) is 15.7.